The Kier molecular flexibility index (Phi) is 5.85. The first-order chi connectivity index (χ1) is 9.12. The highest BCUT2D eigenvalue weighted by Gasteiger charge is 2.13. The van der Waals surface area contributed by atoms with Crippen molar-refractivity contribution in [2.45, 2.75) is 19.3 Å². The number of rotatable bonds is 7. The zero-order chi connectivity index (χ0) is 14.3. The molecule has 104 valence electrons. The molecular formula is C14H18O5. The van der Waals surface area contributed by atoms with Crippen molar-refractivity contribution in [2.24, 2.45) is 0 Å². The molecule has 0 spiro atoms. The van der Waals surface area contributed by atoms with Gasteiger partial charge >= 0.3 is 5.97 Å². The Balaban J connectivity index is 2.68. The highest BCUT2D eigenvalue weighted by Crippen LogP contribution is 2.26. The Morgan fingerprint density at radius 3 is 2.37 bits per heavy atom. The Labute approximate surface area is 112 Å². The van der Waals surface area contributed by atoms with Crippen molar-refractivity contribution in [2.75, 3.05) is 21.3 Å². The first kappa shape index (κ1) is 15.0. The summed E-state index contributed by atoms with van der Waals surface area (Å²) >= 11 is 0. The molecule has 1 aromatic carbocycles. The smallest absolute Gasteiger partial charge is 0.305 e. The molecule has 0 amide bonds. The number of ketones is 1. The van der Waals surface area contributed by atoms with Crippen molar-refractivity contribution in [3.63, 3.8) is 0 Å². The average molecular weight is 266 g/mol. The van der Waals surface area contributed by atoms with Crippen molar-refractivity contribution < 1.29 is 23.8 Å². The fourth-order valence-electron chi connectivity index (χ4n) is 1.66. The fraction of sp³-hybridized carbons (Fsp3) is 0.429. The van der Waals surface area contributed by atoms with Crippen molar-refractivity contribution in [1.82, 2.24) is 0 Å². The minimum absolute atomic E-state index is 0.0663. The van der Waals surface area contributed by atoms with Gasteiger partial charge in [-0.25, -0.2) is 0 Å². The van der Waals surface area contributed by atoms with E-state index in [9.17, 15) is 9.59 Å². The van der Waals surface area contributed by atoms with Gasteiger partial charge < -0.3 is 14.2 Å². The second-order valence-electron chi connectivity index (χ2n) is 3.92. The molecular weight excluding hydrogens is 248 g/mol. The Hall–Kier alpha value is -2.04. The number of carbonyl (C=O) groups excluding carboxylic acids is 2. The van der Waals surface area contributed by atoms with Crippen LogP contribution in [0.15, 0.2) is 18.2 Å². The van der Waals surface area contributed by atoms with Gasteiger partial charge in [-0.15, -0.1) is 0 Å². The summed E-state index contributed by atoms with van der Waals surface area (Å²) in [5, 5.41) is 0. The Bertz CT molecular complexity index is 453. The molecule has 0 saturated heterocycles. The van der Waals surface area contributed by atoms with Crippen LogP contribution < -0.4 is 9.47 Å². The molecule has 0 N–H and O–H groups in total. The molecule has 0 aliphatic carbocycles. The zero-order valence-electron chi connectivity index (χ0n) is 11.4. The highest BCUT2D eigenvalue weighted by molar-refractivity contribution is 5.99. The van der Waals surface area contributed by atoms with Crippen LogP contribution in [-0.2, 0) is 9.53 Å². The molecule has 0 atom stereocenters. The number of benzene rings is 1. The number of hydrogen-bond donors (Lipinski definition) is 0. The molecule has 0 saturated carbocycles. The van der Waals surface area contributed by atoms with Gasteiger partial charge in [-0.2, -0.15) is 0 Å². The molecule has 5 nitrogen and oxygen atoms in total. The van der Waals surface area contributed by atoms with E-state index < -0.39 is 0 Å². The summed E-state index contributed by atoms with van der Waals surface area (Å²) in [4.78, 5) is 23.0. The van der Waals surface area contributed by atoms with Crippen molar-refractivity contribution in [1.29, 1.82) is 0 Å². The fourth-order valence-corrected chi connectivity index (χ4v) is 1.66. The van der Waals surface area contributed by atoms with E-state index in [1.54, 1.807) is 25.3 Å². The van der Waals surface area contributed by atoms with Gasteiger partial charge in [0, 0.05) is 18.9 Å². The van der Waals surface area contributed by atoms with Gasteiger partial charge in [0.25, 0.3) is 0 Å². The number of ether oxygens (including phenoxy) is 3. The van der Waals surface area contributed by atoms with Crippen LogP contribution in [0.5, 0.6) is 11.5 Å². The van der Waals surface area contributed by atoms with Gasteiger partial charge in [0.2, 0.25) is 0 Å². The van der Waals surface area contributed by atoms with Crippen molar-refractivity contribution in [3.05, 3.63) is 23.8 Å². The molecule has 0 heterocycles. The van der Waals surface area contributed by atoms with E-state index in [2.05, 4.69) is 4.74 Å². The first-order valence-corrected chi connectivity index (χ1v) is 5.94. The molecule has 0 bridgehead atoms. The van der Waals surface area contributed by atoms with Crippen LogP contribution in [0.4, 0.5) is 0 Å². The van der Waals surface area contributed by atoms with Gasteiger partial charge in [0.15, 0.2) is 5.78 Å². The van der Waals surface area contributed by atoms with E-state index in [-0.39, 0.29) is 24.6 Å². The largest absolute Gasteiger partial charge is 0.497 e. The third kappa shape index (κ3) is 4.28. The van der Waals surface area contributed by atoms with Crippen LogP contribution in [0.25, 0.3) is 0 Å². The topological polar surface area (TPSA) is 61.8 Å². The minimum Gasteiger partial charge on any atom is -0.497 e. The van der Waals surface area contributed by atoms with E-state index in [1.807, 2.05) is 0 Å². The lowest BCUT2D eigenvalue weighted by atomic mass is 10.0. The summed E-state index contributed by atoms with van der Waals surface area (Å²) in [6, 6.07) is 5.03. The predicted octanol–water partition coefficient (Wildman–Crippen LogP) is 2.23. The van der Waals surface area contributed by atoms with E-state index in [0.29, 0.717) is 23.5 Å². The van der Waals surface area contributed by atoms with Crippen LogP contribution >= 0.6 is 0 Å². The maximum Gasteiger partial charge on any atom is 0.305 e. The zero-order valence-corrected chi connectivity index (χ0v) is 11.4. The van der Waals surface area contributed by atoms with Crippen LogP contribution in [-0.4, -0.2) is 33.1 Å². The maximum atomic E-state index is 12.0. The molecule has 5 heteroatoms. The van der Waals surface area contributed by atoms with Gasteiger partial charge in [0.05, 0.1) is 26.9 Å². The summed E-state index contributed by atoms with van der Waals surface area (Å²) in [5.41, 5.74) is 0.494. The molecule has 1 aromatic rings. The van der Waals surface area contributed by atoms with E-state index in [0.717, 1.165) is 0 Å². The monoisotopic (exact) mass is 266 g/mol. The normalized spacial score (nSPS) is 9.84. The summed E-state index contributed by atoms with van der Waals surface area (Å²) in [6.07, 6.45) is 0.971. The SMILES string of the molecule is COC(=O)CCCC(=O)c1ccc(OC)cc1OC. The van der Waals surface area contributed by atoms with Crippen molar-refractivity contribution in [3.8, 4) is 11.5 Å². The predicted molar refractivity (Wildman–Crippen MR) is 69.7 cm³/mol. The summed E-state index contributed by atoms with van der Waals surface area (Å²) in [6.45, 7) is 0. The third-order valence-electron chi connectivity index (χ3n) is 2.72. The third-order valence-corrected chi connectivity index (χ3v) is 2.72. The number of hydrogen-bond acceptors (Lipinski definition) is 5. The van der Waals surface area contributed by atoms with Crippen LogP contribution in [0.3, 0.4) is 0 Å². The Morgan fingerprint density at radius 1 is 1.05 bits per heavy atom. The number of methoxy groups -OCH3 is 3. The van der Waals surface area contributed by atoms with Crippen LogP contribution in [0.1, 0.15) is 29.6 Å². The Morgan fingerprint density at radius 2 is 1.79 bits per heavy atom. The average Bonchev–Trinajstić information content (AvgIpc) is 2.45. The lowest BCUT2D eigenvalue weighted by Gasteiger charge is -2.09. The van der Waals surface area contributed by atoms with E-state index >= 15 is 0 Å². The number of Topliss-reactive ketones (excluding diaryl/α,β-unsaturated/α-hetero) is 1. The molecule has 1 rings (SSSR count). The van der Waals surface area contributed by atoms with Crippen LogP contribution in [0.2, 0.25) is 0 Å². The number of esters is 1. The second kappa shape index (κ2) is 7.41. The van der Waals surface area contributed by atoms with Crippen molar-refractivity contribution >= 4 is 11.8 Å². The summed E-state index contributed by atoms with van der Waals surface area (Å²) < 4.78 is 14.8. The first-order valence-electron chi connectivity index (χ1n) is 5.94. The molecule has 0 aliphatic rings. The van der Waals surface area contributed by atoms with Gasteiger partial charge in [-0.05, 0) is 18.6 Å². The molecule has 0 aliphatic heterocycles. The van der Waals surface area contributed by atoms with Gasteiger partial charge in [-0.1, -0.05) is 0 Å². The number of carbonyl (C=O) groups is 2. The molecule has 19 heavy (non-hydrogen) atoms. The molecule has 0 fully saturated rings. The second-order valence-corrected chi connectivity index (χ2v) is 3.92. The lowest BCUT2D eigenvalue weighted by Crippen LogP contribution is -2.05. The van der Waals surface area contributed by atoms with Gasteiger partial charge in [0.1, 0.15) is 11.5 Å². The van der Waals surface area contributed by atoms with Crippen LogP contribution in [0, 0.1) is 0 Å². The lowest BCUT2D eigenvalue weighted by molar-refractivity contribution is -0.140. The standard InChI is InChI=1S/C14H18O5/c1-17-10-7-8-11(13(9-10)18-2)12(15)5-4-6-14(16)19-3/h7-9H,4-6H2,1-3H3. The highest BCUT2D eigenvalue weighted by atomic mass is 16.5. The van der Waals surface area contributed by atoms with E-state index in [4.69, 9.17) is 9.47 Å². The van der Waals surface area contributed by atoms with E-state index in [1.165, 1.54) is 14.2 Å². The maximum absolute atomic E-state index is 12.0. The minimum atomic E-state index is -0.311. The molecule has 0 radical (unpaired) electrons. The van der Waals surface area contributed by atoms with Gasteiger partial charge in [-0.3, -0.25) is 9.59 Å². The quantitative estimate of drug-likeness (QED) is 0.559. The molecule has 0 aromatic heterocycles. The summed E-state index contributed by atoms with van der Waals surface area (Å²) in [5.74, 6) is 0.725. The molecule has 0 unspecified atom stereocenters. The summed E-state index contributed by atoms with van der Waals surface area (Å²) in [7, 11) is 4.38.